The summed E-state index contributed by atoms with van der Waals surface area (Å²) in [4.78, 5) is 14.0. The quantitative estimate of drug-likeness (QED) is 0.844. The van der Waals surface area contributed by atoms with E-state index in [0.29, 0.717) is 25.6 Å². The third-order valence-corrected chi connectivity index (χ3v) is 6.48. The van der Waals surface area contributed by atoms with E-state index in [9.17, 15) is 27.1 Å². The third-order valence-electron chi connectivity index (χ3n) is 5.27. The maximum absolute atomic E-state index is 13.9. The van der Waals surface area contributed by atoms with Crippen molar-refractivity contribution in [3.05, 3.63) is 35.4 Å². The fraction of sp³-hybridized carbons (Fsp3) is 0.562. The van der Waals surface area contributed by atoms with Crippen LogP contribution in [0.3, 0.4) is 0 Å². The number of hydrogen-bond donors (Lipinski definition) is 1. The molecule has 1 aromatic carbocycles. The van der Waals surface area contributed by atoms with Crippen LogP contribution >= 0.6 is 0 Å². The van der Waals surface area contributed by atoms with Gasteiger partial charge in [-0.2, -0.15) is 0 Å². The number of aliphatic hydroxyl groups excluding tert-OH is 1. The van der Waals surface area contributed by atoms with Gasteiger partial charge in [-0.3, -0.25) is 4.79 Å². The van der Waals surface area contributed by atoms with Crippen molar-refractivity contribution < 1.29 is 27.1 Å². The van der Waals surface area contributed by atoms with Gasteiger partial charge in [0.15, 0.2) is 0 Å². The molecule has 1 N–H and O–H groups in total. The highest BCUT2D eigenvalue weighted by atomic mass is 32.2. The van der Waals surface area contributed by atoms with E-state index < -0.39 is 33.0 Å². The molecule has 0 spiro atoms. The SMILES string of the molecule is CS(=O)(=O)N1C[C@@H]2CCN(C(=O)c3ccc(F)cc3F)C[C@]2(CO)C1. The van der Waals surface area contributed by atoms with Gasteiger partial charge in [0, 0.05) is 37.7 Å². The van der Waals surface area contributed by atoms with Crippen molar-refractivity contribution in [1.82, 2.24) is 9.21 Å². The lowest BCUT2D eigenvalue weighted by atomic mass is 9.74. The summed E-state index contributed by atoms with van der Waals surface area (Å²) in [7, 11) is -3.39. The Morgan fingerprint density at radius 3 is 2.68 bits per heavy atom. The van der Waals surface area contributed by atoms with Gasteiger partial charge in [0.1, 0.15) is 11.6 Å². The van der Waals surface area contributed by atoms with Crippen molar-refractivity contribution in [2.75, 3.05) is 39.0 Å². The van der Waals surface area contributed by atoms with Gasteiger partial charge in [0.2, 0.25) is 10.0 Å². The minimum absolute atomic E-state index is 0.0608. The molecule has 2 fully saturated rings. The zero-order valence-corrected chi connectivity index (χ0v) is 14.6. The molecule has 2 aliphatic heterocycles. The van der Waals surface area contributed by atoms with Crippen LogP contribution in [0.2, 0.25) is 0 Å². The highest BCUT2D eigenvalue weighted by Gasteiger charge is 2.52. The number of rotatable bonds is 3. The number of benzene rings is 1. The number of piperidine rings is 1. The molecule has 25 heavy (non-hydrogen) atoms. The van der Waals surface area contributed by atoms with Crippen molar-refractivity contribution in [1.29, 1.82) is 0 Å². The number of halogens is 2. The molecule has 2 heterocycles. The van der Waals surface area contributed by atoms with Gasteiger partial charge in [-0.05, 0) is 24.5 Å². The van der Waals surface area contributed by atoms with Crippen LogP contribution in [0.15, 0.2) is 18.2 Å². The van der Waals surface area contributed by atoms with E-state index in [2.05, 4.69) is 0 Å². The molecule has 1 aromatic rings. The molecule has 1 amide bonds. The molecule has 0 radical (unpaired) electrons. The second kappa shape index (κ2) is 6.30. The van der Waals surface area contributed by atoms with Crippen LogP contribution in [0.1, 0.15) is 16.8 Å². The number of amides is 1. The zero-order valence-electron chi connectivity index (χ0n) is 13.8. The van der Waals surface area contributed by atoms with Gasteiger partial charge in [-0.25, -0.2) is 21.5 Å². The summed E-state index contributed by atoms with van der Waals surface area (Å²) in [5, 5.41) is 9.91. The zero-order chi connectivity index (χ0) is 18.4. The standard InChI is InChI=1S/C16H20F2N2O4S/c1-25(23,24)20-7-11-4-5-19(8-16(11,9-20)10-21)15(22)13-3-2-12(17)6-14(13)18/h2-3,6,11,21H,4-5,7-10H2,1H3/t11-,16+/m0/s1. The molecule has 138 valence electrons. The number of aliphatic hydroxyl groups is 1. The Bertz CT molecular complexity index is 801. The molecule has 9 heteroatoms. The van der Waals surface area contributed by atoms with E-state index in [0.717, 1.165) is 18.4 Å². The summed E-state index contributed by atoms with van der Waals surface area (Å²) >= 11 is 0. The van der Waals surface area contributed by atoms with Crippen molar-refractivity contribution in [2.45, 2.75) is 6.42 Å². The molecule has 0 bridgehead atoms. The first-order valence-electron chi connectivity index (χ1n) is 7.96. The van der Waals surface area contributed by atoms with Crippen molar-refractivity contribution >= 4 is 15.9 Å². The van der Waals surface area contributed by atoms with Crippen LogP contribution in [-0.4, -0.2) is 67.7 Å². The molecule has 0 aliphatic carbocycles. The summed E-state index contributed by atoms with van der Waals surface area (Å²) in [6.07, 6.45) is 1.63. The van der Waals surface area contributed by atoms with Crippen LogP contribution in [0.25, 0.3) is 0 Å². The predicted molar refractivity (Wildman–Crippen MR) is 86.3 cm³/mol. The molecule has 6 nitrogen and oxygen atoms in total. The van der Waals surface area contributed by atoms with Gasteiger partial charge < -0.3 is 10.0 Å². The van der Waals surface area contributed by atoms with Crippen LogP contribution in [0.5, 0.6) is 0 Å². The van der Waals surface area contributed by atoms with Crippen LogP contribution in [-0.2, 0) is 10.0 Å². The van der Waals surface area contributed by atoms with E-state index in [1.807, 2.05) is 0 Å². The maximum Gasteiger partial charge on any atom is 0.256 e. The largest absolute Gasteiger partial charge is 0.396 e. The van der Waals surface area contributed by atoms with E-state index in [1.165, 1.54) is 9.21 Å². The Morgan fingerprint density at radius 1 is 1.36 bits per heavy atom. The van der Waals surface area contributed by atoms with Gasteiger partial charge in [0.05, 0.1) is 18.4 Å². The van der Waals surface area contributed by atoms with E-state index in [-0.39, 0.29) is 31.2 Å². The van der Waals surface area contributed by atoms with Crippen molar-refractivity contribution in [3.63, 3.8) is 0 Å². The Labute approximate surface area is 145 Å². The number of nitrogens with zero attached hydrogens (tertiary/aromatic N) is 2. The minimum Gasteiger partial charge on any atom is -0.396 e. The smallest absolute Gasteiger partial charge is 0.256 e. The predicted octanol–water partition coefficient (Wildman–Crippen LogP) is 0.681. The monoisotopic (exact) mass is 374 g/mol. The first kappa shape index (κ1) is 18.2. The number of hydrogen-bond acceptors (Lipinski definition) is 4. The maximum atomic E-state index is 13.9. The molecule has 2 atom stereocenters. The number of carbonyl (C=O) groups excluding carboxylic acids is 1. The first-order chi connectivity index (χ1) is 11.7. The average Bonchev–Trinajstić information content (AvgIpc) is 2.94. The number of carbonyl (C=O) groups is 1. The third kappa shape index (κ3) is 3.28. The van der Waals surface area contributed by atoms with Gasteiger partial charge in [0.25, 0.3) is 5.91 Å². The molecule has 0 saturated carbocycles. The highest BCUT2D eigenvalue weighted by Crippen LogP contribution is 2.43. The molecule has 2 aliphatic rings. The molecule has 2 saturated heterocycles. The molecular weight excluding hydrogens is 354 g/mol. The van der Waals surface area contributed by atoms with Crippen LogP contribution in [0.4, 0.5) is 8.78 Å². The van der Waals surface area contributed by atoms with Gasteiger partial charge >= 0.3 is 0 Å². The van der Waals surface area contributed by atoms with Gasteiger partial charge in [-0.15, -0.1) is 0 Å². The Hall–Kier alpha value is -1.58. The number of fused-ring (bicyclic) bond motifs is 1. The lowest BCUT2D eigenvalue weighted by Gasteiger charge is -2.43. The molecule has 0 aromatic heterocycles. The summed E-state index contributed by atoms with van der Waals surface area (Å²) < 4.78 is 51.9. The molecule has 3 rings (SSSR count). The fourth-order valence-corrected chi connectivity index (χ4v) is 4.76. The Kier molecular flexibility index (Phi) is 4.59. The van der Waals surface area contributed by atoms with Crippen LogP contribution in [0, 0.1) is 23.0 Å². The normalized spacial score (nSPS) is 27.4. The molecular formula is C16H20F2N2O4S. The van der Waals surface area contributed by atoms with E-state index in [1.54, 1.807) is 0 Å². The van der Waals surface area contributed by atoms with E-state index in [4.69, 9.17) is 0 Å². The Morgan fingerprint density at radius 2 is 2.08 bits per heavy atom. The number of sulfonamides is 1. The van der Waals surface area contributed by atoms with E-state index >= 15 is 0 Å². The minimum atomic E-state index is -3.39. The Balaban J connectivity index is 1.84. The average molecular weight is 374 g/mol. The topological polar surface area (TPSA) is 77.9 Å². The summed E-state index contributed by atoms with van der Waals surface area (Å²) in [6.45, 7) is 0.643. The summed E-state index contributed by atoms with van der Waals surface area (Å²) in [5.74, 6) is -2.34. The second-order valence-corrected chi connectivity index (χ2v) is 8.89. The van der Waals surface area contributed by atoms with Crippen molar-refractivity contribution in [3.8, 4) is 0 Å². The van der Waals surface area contributed by atoms with Crippen molar-refractivity contribution in [2.24, 2.45) is 11.3 Å². The first-order valence-corrected chi connectivity index (χ1v) is 9.81. The number of likely N-dealkylation sites (tertiary alicyclic amines) is 1. The lowest BCUT2D eigenvalue weighted by Crippen LogP contribution is -2.52. The highest BCUT2D eigenvalue weighted by molar-refractivity contribution is 7.88. The lowest BCUT2D eigenvalue weighted by molar-refractivity contribution is 0.0127. The van der Waals surface area contributed by atoms with Gasteiger partial charge in [-0.1, -0.05) is 0 Å². The fourth-order valence-electron chi connectivity index (χ4n) is 3.82. The molecule has 0 unspecified atom stereocenters. The second-order valence-electron chi connectivity index (χ2n) is 6.91. The summed E-state index contributed by atoms with van der Waals surface area (Å²) in [6, 6.07) is 2.77. The van der Waals surface area contributed by atoms with Crippen LogP contribution < -0.4 is 0 Å². The summed E-state index contributed by atoms with van der Waals surface area (Å²) in [5.41, 5.74) is -0.987.